The average Bonchev–Trinajstić information content (AvgIpc) is 2.67. The number of hydrogen-bond donors (Lipinski definition) is 0. The molecule has 26 heavy (non-hydrogen) atoms. The number of amides is 1. The van der Waals surface area contributed by atoms with Crippen LogP contribution >= 0.6 is 0 Å². The molecule has 2 aromatic carbocycles. The number of carbonyl (C=O) groups excluding carboxylic acids is 1. The van der Waals surface area contributed by atoms with Crippen LogP contribution in [0.3, 0.4) is 0 Å². The second kappa shape index (κ2) is 7.30. The van der Waals surface area contributed by atoms with Gasteiger partial charge in [-0.25, -0.2) is 0 Å². The predicted octanol–water partition coefficient (Wildman–Crippen LogP) is 3.80. The number of nitro benzene ring substituents is 2. The van der Waals surface area contributed by atoms with Crippen molar-refractivity contribution in [2.45, 2.75) is 19.3 Å². The van der Waals surface area contributed by atoms with Crippen molar-refractivity contribution >= 4 is 17.3 Å². The van der Waals surface area contributed by atoms with Gasteiger partial charge in [0.2, 0.25) is 0 Å². The maximum Gasteiger partial charge on any atom is 0.277 e. The Morgan fingerprint density at radius 1 is 0.885 bits per heavy atom. The van der Waals surface area contributed by atoms with Crippen LogP contribution in [0.4, 0.5) is 11.4 Å². The molecule has 2 aromatic rings. The summed E-state index contributed by atoms with van der Waals surface area (Å²) >= 11 is 0. The fraction of sp³-hybridized carbons (Fsp3) is 0.278. The Kier molecular flexibility index (Phi) is 4.92. The van der Waals surface area contributed by atoms with E-state index in [1.807, 2.05) is 0 Å². The van der Waals surface area contributed by atoms with E-state index >= 15 is 0 Å². The first-order valence-electron chi connectivity index (χ1n) is 8.30. The van der Waals surface area contributed by atoms with Crippen molar-refractivity contribution in [3.8, 4) is 11.1 Å². The van der Waals surface area contributed by atoms with E-state index in [9.17, 15) is 25.0 Å². The molecule has 0 N–H and O–H groups in total. The molecule has 0 radical (unpaired) electrons. The lowest BCUT2D eigenvalue weighted by Crippen LogP contribution is -2.35. The van der Waals surface area contributed by atoms with Gasteiger partial charge in [0.1, 0.15) is 0 Å². The highest BCUT2D eigenvalue weighted by Gasteiger charge is 2.23. The number of benzene rings is 2. The second-order valence-corrected chi connectivity index (χ2v) is 6.15. The van der Waals surface area contributed by atoms with Crippen LogP contribution < -0.4 is 0 Å². The third-order valence-corrected chi connectivity index (χ3v) is 4.47. The summed E-state index contributed by atoms with van der Waals surface area (Å²) in [6, 6.07) is 9.90. The minimum atomic E-state index is -0.538. The smallest absolute Gasteiger partial charge is 0.277 e. The lowest BCUT2D eigenvalue weighted by Gasteiger charge is -2.26. The number of nitro groups is 2. The fourth-order valence-electron chi connectivity index (χ4n) is 3.10. The van der Waals surface area contributed by atoms with Crippen molar-refractivity contribution in [2.24, 2.45) is 0 Å². The zero-order chi connectivity index (χ0) is 18.7. The van der Waals surface area contributed by atoms with Gasteiger partial charge in [-0.15, -0.1) is 0 Å². The number of non-ortho nitro benzene ring substituents is 1. The van der Waals surface area contributed by atoms with Gasteiger partial charge in [0.25, 0.3) is 17.3 Å². The number of carbonyl (C=O) groups is 1. The van der Waals surface area contributed by atoms with Crippen LogP contribution in [-0.4, -0.2) is 33.7 Å². The van der Waals surface area contributed by atoms with Gasteiger partial charge < -0.3 is 4.90 Å². The van der Waals surface area contributed by atoms with Gasteiger partial charge in [-0.05, 0) is 49.1 Å². The first-order chi connectivity index (χ1) is 12.5. The average molecular weight is 355 g/mol. The van der Waals surface area contributed by atoms with Crippen molar-refractivity contribution in [2.75, 3.05) is 13.1 Å². The molecular formula is C18H17N3O5. The van der Waals surface area contributed by atoms with Gasteiger partial charge >= 0.3 is 0 Å². The fourth-order valence-corrected chi connectivity index (χ4v) is 3.10. The largest absolute Gasteiger partial charge is 0.339 e. The number of rotatable bonds is 4. The molecule has 8 nitrogen and oxygen atoms in total. The van der Waals surface area contributed by atoms with Gasteiger partial charge in [-0.3, -0.25) is 25.0 Å². The van der Waals surface area contributed by atoms with E-state index in [0.717, 1.165) is 19.3 Å². The molecule has 0 unspecified atom stereocenters. The number of hydrogen-bond acceptors (Lipinski definition) is 5. The zero-order valence-corrected chi connectivity index (χ0v) is 14.0. The Morgan fingerprint density at radius 3 is 2.12 bits per heavy atom. The molecule has 8 heteroatoms. The molecule has 0 atom stereocenters. The van der Waals surface area contributed by atoms with Crippen molar-refractivity contribution in [1.82, 2.24) is 4.90 Å². The molecule has 1 fully saturated rings. The van der Waals surface area contributed by atoms with Gasteiger partial charge in [0.05, 0.1) is 15.4 Å². The third-order valence-electron chi connectivity index (χ3n) is 4.47. The molecule has 0 aromatic heterocycles. The quantitative estimate of drug-likeness (QED) is 0.612. The normalized spacial score (nSPS) is 14.1. The summed E-state index contributed by atoms with van der Waals surface area (Å²) in [6.07, 6.45) is 2.96. The number of nitrogens with zero attached hydrogens (tertiary/aromatic N) is 3. The first kappa shape index (κ1) is 17.5. The molecule has 0 aliphatic carbocycles. The van der Waals surface area contributed by atoms with Crippen molar-refractivity contribution in [1.29, 1.82) is 0 Å². The summed E-state index contributed by atoms with van der Waals surface area (Å²) in [5, 5.41) is 22.2. The van der Waals surface area contributed by atoms with Gasteiger partial charge in [0.15, 0.2) is 0 Å². The summed E-state index contributed by atoms with van der Waals surface area (Å²) in [6.45, 7) is 1.33. The minimum Gasteiger partial charge on any atom is -0.339 e. The van der Waals surface area contributed by atoms with E-state index in [2.05, 4.69) is 0 Å². The summed E-state index contributed by atoms with van der Waals surface area (Å²) in [7, 11) is 0. The monoisotopic (exact) mass is 355 g/mol. The number of likely N-dealkylation sites (tertiary alicyclic amines) is 1. The maximum absolute atomic E-state index is 12.6. The first-order valence-corrected chi connectivity index (χ1v) is 8.30. The Bertz CT molecular complexity index is 858. The van der Waals surface area contributed by atoms with Crippen LogP contribution in [0.5, 0.6) is 0 Å². The molecule has 1 heterocycles. The molecular weight excluding hydrogens is 338 g/mol. The molecule has 0 spiro atoms. The molecule has 134 valence electrons. The molecule has 3 rings (SSSR count). The summed E-state index contributed by atoms with van der Waals surface area (Å²) in [5.74, 6) is -0.206. The lowest BCUT2D eigenvalue weighted by atomic mass is 10.0. The van der Waals surface area contributed by atoms with E-state index in [0.29, 0.717) is 24.2 Å². The van der Waals surface area contributed by atoms with E-state index in [1.165, 1.54) is 36.4 Å². The SMILES string of the molecule is O=C(c1ccc(-c2ccc([N+](=O)[O-])cc2)c([N+](=O)[O-])c1)N1CCCCC1. The third kappa shape index (κ3) is 3.53. The molecule has 0 saturated carbocycles. The van der Waals surface area contributed by atoms with Crippen molar-refractivity contribution in [3.05, 3.63) is 68.3 Å². The van der Waals surface area contributed by atoms with E-state index in [1.54, 1.807) is 11.0 Å². The Hall–Kier alpha value is -3.29. The Morgan fingerprint density at radius 2 is 1.54 bits per heavy atom. The van der Waals surface area contributed by atoms with Crippen LogP contribution in [0.1, 0.15) is 29.6 Å². The van der Waals surface area contributed by atoms with E-state index in [4.69, 9.17) is 0 Å². The Labute approximate surface area is 149 Å². The standard InChI is InChI=1S/C18H17N3O5/c22-18(19-10-2-1-3-11-19)14-6-9-16(17(12-14)21(25)26)13-4-7-15(8-5-13)20(23)24/h4-9,12H,1-3,10-11H2. The highest BCUT2D eigenvalue weighted by Crippen LogP contribution is 2.32. The lowest BCUT2D eigenvalue weighted by molar-refractivity contribution is -0.385. The van der Waals surface area contributed by atoms with Gasteiger partial charge in [0, 0.05) is 36.9 Å². The summed E-state index contributed by atoms with van der Waals surface area (Å²) < 4.78 is 0. The summed E-state index contributed by atoms with van der Waals surface area (Å²) in [5.41, 5.74) is 0.804. The highest BCUT2D eigenvalue weighted by molar-refractivity contribution is 5.96. The molecule has 0 bridgehead atoms. The highest BCUT2D eigenvalue weighted by atomic mass is 16.6. The molecule has 1 aliphatic rings. The van der Waals surface area contributed by atoms with Crippen molar-refractivity contribution in [3.63, 3.8) is 0 Å². The maximum atomic E-state index is 12.6. The minimum absolute atomic E-state index is 0.0895. The van der Waals surface area contributed by atoms with Crippen LogP contribution in [0, 0.1) is 20.2 Å². The van der Waals surface area contributed by atoms with Crippen LogP contribution in [-0.2, 0) is 0 Å². The second-order valence-electron chi connectivity index (χ2n) is 6.15. The predicted molar refractivity (Wildman–Crippen MR) is 94.9 cm³/mol. The van der Waals surface area contributed by atoms with Crippen molar-refractivity contribution < 1.29 is 14.6 Å². The molecule has 1 aliphatic heterocycles. The van der Waals surface area contributed by atoms with Gasteiger partial charge in [-0.1, -0.05) is 0 Å². The van der Waals surface area contributed by atoms with Crippen LogP contribution in [0.15, 0.2) is 42.5 Å². The van der Waals surface area contributed by atoms with Gasteiger partial charge in [-0.2, -0.15) is 0 Å². The Balaban J connectivity index is 1.95. The van der Waals surface area contributed by atoms with Crippen LogP contribution in [0.25, 0.3) is 11.1 Å². The van der Waals surface area contributed by atoms with E-state index < -0.39 is 9.85 Å². The summed E-state index contributed by atoms with van der Waals surface area (Å²) in [4.78, 5) is 35.5. The zero-order valence-electron chi connectivity index (χ0n) is 14.0. The topological polar surface area (TPSA) is 107 Å². The van der Waals surface area contributed by atoms with E-state index in [-0.39, 0.29) is 22.8 Å². The number of piperidine rings is 1. The molecule has 1 saturated heterocycles. The molecule has 1 amide bonds. The van der Waals surface area contributed by atoms with Crippen LogP contribution in [0.2, 0.25) is 0 Å².